The minimum atomic E-state index is -1.42. The number of hydrogen-bond donors (Lipinski definition) is 6. The van der Waals surface area contributed by atoms with Crippen molar-refractivity contribution < 1.29 is 19.4 Å². The number of carbonyl (C=O) groups excluding carboxylic acids is 1. The molecular formula is C17H27ClN8O5. The third-order valence-corrected chi connectivity index (χ3v) is 4.49. The molecule has 1 aromatic rings. The molecule has 0 spiro atoms. The van der Waals surface area contributed by atoms with Crippen LogP contribution in [-0.2, 0) is 14.3 Å². The van der Waals surface area contributed by atoms with Crippen LogP contribution in [0.1, 0.15) is 19.1 Å². The van der Waals surface area contributed by atoms with E-state index >= 15 is 0 Å². The van der Waals surface area contributed by atoms with E-state index in [-0.39, 0.29) is 30.6 Å². The Bertz CT molecular complexity index is 892. The van der Waals surface area contributed by atoms with Crippen LogP contribution in [0.2, 0.25) is 0 Å². The molecule has 0 radical (unpaired) electrons. The first kappa shape index (κ1) is 25.9. The number of amides is 1. The zero-order chi connectivity index (χ0) is 22.4. The van der Waals surface area contributed by atoms with Crippen LogP contribution in [0.25, 0.3) is 0 Å². The summed E-state index contributed by atoms with van der Waals surface area (Å²) in [6, 6.07) is -0.0702. The lowest BCUT2D eigenvalue weighted by Crippen LogP contribution is -2.51. The van der Waals surface area contributed by atoms with E-state index in [1.807, 2.05) is 0 Å². The largest absolute Gasteiger partial charge is 0.479 e. The quantitative estimate of drug-likeness (QED) is 0.146. The average molecular weight is 459 g/mol. The van der Waals surface area contributed by atoms with Crippen molar-refractivity contribution in [2.45, 2.75) is 37.3 Å². The summed E-state index contributed by atoms with van der Waals surface area (Å²) in [7, 11) is 1.63. The van der Waals surface area contributed by atoms with Gasteiger partial charge in [-0.3, -0.25) is 14.8 Å². The molecule has 4 atom stereocenters. The number of aromatic nitrogens is 2. The molecule has 13 nitrogen and oxygen atoms in total. The molecule has 1 aliphatic heterocycles. The number of halogens is 1. The molecule has 2 heterocycles. The van der Waals surface area contributed by atoms with E-state index in [0.717, 1.165) is 4.57 Å². The molecule has 0 aliphatic carbocycles. The van der Waals surface area contributed by atoms with E-state index in [2.05, 4.69) is 10.3 Å². The van der Waals surface area contributed by atoms with Crippen LogP contribution in [0.15, 0.2) is 29.2 Å². The number of hydrogen-bond acceptors (Lipinski definition) is 8. The topological polar surface area (TPSA) is 216 Å². The van der Waals surface area contributed by atoms with Crippen LogP contribution >= 0.6 is 12.4 Å². The first-order valence-corrected chi connectivity index (χ1v) is 9.10. The normalized spacial score (nSPS) is 20.9. The second-order valence-electron chi connectivity index (χ2n) is 6.87. The molecular weight excluding hydrogens is 432 g/mol. The van der Waals surface area contributed by atoms with Gasteiger partial charge in [0.15, 0.2) is 18.3 Å². The highest BCUT2D eigenvalue weighted by Gasteiger charge is 2.35. The summed E-state index contributed by atoms with van der Waals surface area (Å²) in [5.74, 6) is -1.84. The molecule has 0 fully saturated rings. The number of rotatable bonds is 8. The fraction of sp³-hybridized carbons (Fsp3) is 0.471. The van der Waals surface area contributed by atoms with Gasteiger partial charge in [-0.2, -0.15) is 4.98 Å². The lowest BCUT2D eigenvalue weighted by Gasteiger charge is -2.31. The lowest BCUT2D eigenvalue weighted by atomic mass is 10.1. The summed E-state index contributed by atoms with van der Waals surface area (Å²) < 4.78 is 6.57. The number of aliphatic carboxylic acids is 1. The van der Waals surface area contributed by atoms with Crippen molar-refractivity contribution in [3.05, 3.63) is 34.9 Å². The number of anilines is 1. The molecule has 172 valence electrons. The van der Waals surface area contributed by atoms with E-state index in [1.165, 1.54) is 29.3 Å². The van der Waals surface area contributed by atoms with Crippen molar-refractivity contribution in [2.75, 3.05) is 19.3 Å². The van der Waals surface area contributed by atoms with E-state index in [9.17, 15) is 19.5 Å². The van der Waals surface area contributed by atoms with Crippen LogP contribution in [0.3, 0.4) is 0 Å². The van der Waals surface area contributed by atoms with Crippen molar-refractivity contribution in [1.29, 1.82) is 5.41 Å². The van der Waals surface area contributed by atoms with E-state index in [1.54, 1.807) is 7.05 Å². The Balaban J connectivity index is 0.00000480. The predicted octanol–water partition coefficient (Wildman–Crippen LogP) is -1.80. The van der Waals surface area contributed by atoms with Gasteiger partial charge in [0.25, 0.3) is 0 Å². The summed E-state index contributed by atoms with van der Waals surface area (Å²) >= 11 is 0. The minimum absolute atomic E-state index is 0. The number of carboxylic acids is 1. The van der Waals surface area contributed by atoms with Crippen LogP contribution in [0.5, 0.6) is 0 Å². The van der Waals surface area contributed by atoms with Crippen LogP contribution in [0, 0.1) is 5.41 Å². The second kappa shape index (κ2) is 11.3. The van der Waals surface area contributed by atoms with Gasteiger partial charge in [0.05, 0.1) is 6.04 Å². The van der Waals surface area contributed by atoms with Crippen molar-refractivity contribution in [3.63, 3.8) is 0 Å². The standard InChI is InChI=1S/C17H26N8O5.ClH/c1-24(16(20)21)6-4-9(18)8-12(26)22-10-2-3-13(30-14(10)15(27)28)25-7-5-11(19)23-17(25)29;/h2-3,5,7,9-10,13-14H,4,6,8,18H2,1H3,(H3,20,21)(H,22,26)(H,27,28)(H2,19,23,29);1H/t9-,10+,13-,14+;/m1./s1. The van der Waals surface area contributed by atoms with E-state index in [0.29, 0.717) is 13.0 Å². The highest BCUT2D eigenvalue weighted by Crippen LogP contribution is 2.20. The molecule has 2 rings (SSSR count). The fourth-order valence-corrected chi connectivity index (χ4v) is 2.77. The maximum absolute atomic E-state index is 12.3. The van der Waals surface area contributed by atoms with E-state index in [4.69, 9.17) is 27.3 Å². The van der Waals surface area contributed by atoms with Crippen LogP contribution < -0.4 is 28.2 Å². The SMILES string of the molecule is CN(CC[C@@H](N)CC(=O)N[C@H]1C=C[C@H](n2ccc(N)nc2=O)O[C@@H]1C(=O)O)C(=N)N.Cl. The fourth-order valence-electron chi connectivity index (χ4n) is 2.77. The Morgan fingerprint density at radius 3 is 2.71 bits per heavy atom. The number of nitrogens with zero attached hydrogens (tertiary/aromatic N) is 3. The molecule has 0 aromatic carbocycles. The molecule has 1 aliphatic rings. The lowest BCUT2D eigenvalue weighted by molar-refractivity contribution is -0.159. The molecule has 0 saturated heterocycles. The molecule has 0 saturated carbocycles. The van der Waals surface area contributed by atoms with Gasteiger partial charge in [-0.1, -0.05) is 6.08 Å². The van der Waals surface area contributed by atoms with Gasteiger partial charge in [0.2, 0.25) is 5.91 Å². The Hall–Kier alpha value is -3.16. The minimum Gasteiger partial charge on any atom is -0.479 e. The number of nitrogens with two attached hydrogens (primary N) is 3. The van der Waals surface area contributed by atoms with Gasteiger partial charge in [0.1, 0.15) is 5.82 Å². The summed E-state index contributed by atoms with van der Waals surface area (Å²) in [5, 5.41) is 19.4. The third-order valence-electron chi connectivity index (χ3n) is 4.49. The molecule has 9 N–H and O–H groups in total. The maximum atomic E-state index is 12.3. The molecule has 31 heavy (non-hydrogen) atoms. The van der Waals surface area contributed by atoms with E-state index < -0.39 is 42.0 Å². The number of ether oxygens (including phenoxy) is 1. The van der Waals surface area contributed by atoms with Crippen LogP contribution in [-0.4, -0.2) is 69.2 Å². The monoisotopic (exact) mass is 458 g/mol. The van der Waals surface area contributed by atoms with Gasteiger partial charge in [-0.05, 0) is 18.6 Å². The van der Waals surface area contributed by atoms with Crippen LogP contribution in [0.4, 0.5) is 5.82 Å². The smallest absolute Gasteiger partial charge is 0.351 e. The Labute approximate surface area is 184 Å². The number of nitrogens with one attached hydrogen (secondary N) is 2. The van der Waals surface area contributed by atoms with Crippen molar-refractivity contribution >= 4 is 36.1 Å². The zero-order valence-electron chi connectivity index (χ0n) is 16.8. The Morgan fingerprint density at radius 1 is 1.45 bits per heavy atom. The van der Waals surface area contributed by atoms with Gasteiger partial charge in [0, 0.05) is 32.3 Å². The van der Waals surface area contributed by atoms with Crippen molar-refractivity contribution in [1.82, 2.24) is 19.8 Å². The number of nitrogen functional groups attached to an aromatic ring is 1. The molecule has 0 unspecified atom stereocenters. The summed E-state index contributed by atoms with van der Waals surface area (Å²) in [4.78, 5) is 40.9. The van der Waals surface area contributed by atoms with Gasteiger partial charge >= 0.3 is 11.7 Å². The molecule has 1 aromatic heterocycles. The van der Waals surface area contributed by atoms with Gasteiger partial charge in [-0.25, -0.2) is 9.59 Å². The Morgan fingerprint density at radius 2 is 2.13 bits per heavy atom. The molecule has 0 bridgehead atoms. The third kappa shape index (κ3) is 7.24. The summed E-state index contributed by atoms with van der Waals surface area (Å²) in [6.45, 7) is 0.403. The predicted molar refractivity (Wildman–Crippen MR) is 115 cm³/mol. The highest BCUT2D eigenvalue weighted by atomic mass is 35.5. The average Bonchev–Trinajstić information content (AvgIpc) is 2.66. The first-order chi connectivity index (χ1) is 14.1. The number of carboxylic acid groups (broad SMARTS) is 1. The Kier molecular flexibility index (Phi) is 9.42. The van der Waals surface area contributed by atoms with Gasteiger partial charge < -0.3 is 37.3 Å². The van der Waals surface area contributed by atoms with Gasteiger partial charge in [-0.15, -0.1) is 12.4 Å². The van der Waals surface area contributed by atoms with Crippen molar-refractivity contribution in [2.24, 2.45) is 11.5 Å². The molecule has 14 heteroatoms. The second-order valence-corrected chi connectivity index (χ2v) is 6.87. The maximum Gasteiger partial charge on any atom is 0.351 e. The number of guanidine groups is 1. The van der Waals surface area contributed by atoms with Crippen molar-refractivity contribution in [3.8, 4) is 0 Å². The highest BCUT2D eigenvalue weighted by molar-refractivity contribution is 5.85. The summed E-state index contributed by atoms with van der Waals surface area (Å²) in [6.07, 6.45) is 2.17. The summed E-state index contributed by atoms with van der Waals surface area (Å²) in [5.41, 5.74) is 16.0. The molecule has 1 amide bonds. The zero-order valence-corrected chi connectivity index (χ0v) is 17.6. The number of carbonyl (C=O) groups is 2. The first-order valence-electron chi connectivity index (χ1n) is 9.10.